The van der Waals surface area contributed by atoms with Crippen LogP contribution in [0, 0.1) is 11.6 Å². The van der Waals surface area contributed by atoms with Crippen LogP contribution in [0.2, 0.25) is 0 Å². The number of carbonyl (C=O) groups excluding carboxylic acids is 1. The van der Waals surface area contributed by atoms with Crippen LogP contribution in [0.5, 0.6) is 5.75 Å². The Kier molecular flexibility index (Phi) is 5.02. The summed E-state index contributed by atoms with van der Waals surface area (Å²) in [5.74, 6) is -0.612. The van der Waals surface area contributed by atoms with Crippen LogP contribution < -0.4 is 9.64 Å². The molecule has 7 heteroatoms. The van der Waals surface area contributed by atoms with E-state index in [-0.39, 0.29) is 17.5 Å². The van der Waals surface area contributed by atoms with E-state index in [2.05, 4.69) is 16.5 Å². The van der Waals surface area contributed by atoms with Gasteiger partial charge in [0.25, 0.3) is 0 Å². The Morgan fingerprint density at radius 2 is 2.00 bits per heavy atom. The lowest BCUT2D eigenvalue weighted by molar-refractivity contribution is 0.111. The predicted molar refractivity (Wildman–Crippen MR) is 89.7 cm³/mol. The molecule has 0 amide bonds. The third-order valence-corrected chi connectivity index (χ3v) is 4.08. The van der Waals surface area contributed by atoms with Gasteiger partial charge < -0.3 is 9.64 Å². The molecule has 3 rings (SSSR count). The van der Waals surface area contributed by atoms with Crippen LogP contribution in [0.3, 0.4) is 0 Å². The highest BCUT2D eigenvalue weighted by Gasteiger charge is 2.23. The molecule has 2 aromatic rings. The topological polar surface area (TPSA) is 55.3 Å². The minimum absolute atomic E-state index is 0.0592. The maximum absolute atomic E-state index is 13.7. The van der Waals surface area contributed by atoms with Gasteiger partial charge in [-0.05, 0) is 18.2 Å². The van der Waals surface area contributed by atoms with E-state index in [4.69, 9.17) is 4.74 Å². The van der Waals surface area contributed by atoms with Crippen molar-refractivity contribution >= 4 is 18.2 Å². The van der Waals surface area contributed by atoms with Gasteiger partial charge in [-0.1, -0.05) is 6.58 Å². The van der Waals surface area contributed by atoms with E-state index in [1.54, 1.807) is 6.20 Å². The first-order valence-corrected chi connectivity index (χ1v) is 7.92. The molecule has 0 aliphatic carbocycles. The molecule has 25 heavy (non-hydrogen) atoms. The molecule has 130 valence electrons. The monoisotopic (exact) mass is 345 g/mol. The van der Waals surface area contributed by atoms with Gasteiger partial charge in [0.15, 0.2) is 17.9 Å². The fourth-order valence-corrected chi connectivity index (χ4v) is 2.75. The predicted octanol–water partition coefficient (Wildman–Crippen LogP) is 3.26. The Morgan fingerprint density at radius 1 is 1.24 bits per heavy atom. The first-order chi connectivity index (χ1) is 12.1. The fraction of sp³-hybridized carbons (Fsp3) is 0.278. The number of aldehydes is 1. The van der Waals surface area contributed by atoms with Crippen molar-refractivity contribution in [2.75, 3.05) is 18.0 Å². The summed E-state index contributed by atoms with van der Waals surface area (Å²) in [6.45, 7) is 4.94. The van der Waals surface area contributed by atoms with Gasteiger partial charge in [0.2, 0.25) is 0 Å². The number of hydrogen-bond donors (Lipinski definition) is 0. The lowest BCUT2D eigenvalue weighted by Gasteiger charge is -2.33. The maximum Gasteiger partial charge on any atom is 0.170 e. The van der Waals surface area contributed by atoms with Crippen LogP contribution in [0.4, 0.5) is 14.6 Å². The van der Waals surface area contributed by atoms with Crippen LogP contribution in [0.25, 0.3) is 6.08 Å². The molecule has 1 aromatic heterocycles. The van der Waals surface area contributed by atoms with Crippen LogP contribution in [0.15, 0.2) is 31.0 Å². The molecule has 1 fully saturated rings. The molecule has 1 aromatic carbocycles. The van der Waals surface area contributed by atoms with E-state index in [0.717, 1.165) is 6.07 Å². The van der Waals surface area contributed by atoms with Gasteiger partial charge in [0.1, 0.15) is 23.4 Å². The molecular weight excluding hydrogens is 328 g/mol. The lowest BCUT2D eigenvalue weighted by atomic mass is 10.1. The Labute approximate surface area is 144 Å². The summed E-state index contributed by atoms with van der Waals surface area (Å²) in [4.78, 5) is 21.4. The molecule has 2 heterocycles. The number of carbonyl (C=O) groups is 1. The van der Waals surface area contributed by atoms with Crippen molar-refractivity contribution in [2.24, 2.45) is 0 Å². The lowest BCUT2D eigenvalue weighted by Crippen LogP contribution is -2.39. The first kappa shape index (κ1) is 17.0. The number of nitrogens with zero attached hydrogens (tertiary/aromatic N) is 3. The summed E-state index contributed by atoms with van der Waals surface area (Å²) in [5, 5.41) is 0. The number of hydrogen-bond acceptors (Lipinski definition) is 5. The summed E-state index contributed by atoms with van der Waals surface area (Å²) in [7, 11) is 0. The van der Waals surface area contributed by atoms with Crippen molar-refractivity contribution in [2.45, 2.75) is 18.9 Å². The second-order valence-electron chi connectivity index (χ2n) is 5.70. The van der Waals surface area contributed by atoms with Crippen molar-refractivity contribution in [1.82, 2.24) is 9.97 Å². The molecule has 0 saturated carbocycles. The minimum Gasteiger partial charge on any atom is -0.487 e. The normalized spacial score (nSPS) is 15.0. The number of benzene rings is 1. The van der Waals surface area contributed by atoms with E-state index in [1.165, 1.54) is 18.2 Å². The largest absolute Gasteiger partial charge is 0.487 e. The van der Waals surface area contributed by atoms with Crippen molar-refractivity contribution in [1.29, 1.82) is 0 Å². The molecule has 1 aliphatic heterocycles. The number of ether oxygens (including phenoxy) is 1. The van der Waals surface area contributed by atoms with Gasteiger partial charge in [0.05, 0.1) is 11.9 Å². The summed E-state index contributed by atoms with van der Waals surface area (Å²) < 4.78 is 32.2. The molecule has 0 N–H and O–H groups in total. The van der Waals surface area contributed by atoms with Crippen LogP contribution in [-0.4, -0.2) is 35.4 Å². The van der Waals surface area contributed by atoms with Crippen LogP contribution in [0.1, 0.15) is 29.0 Å². The standard InChI is InChI=1S/C18H17F2N3O2/c1-2-15-16(11-24)21-10-18(22-15)23-7-5-13(6-8-23)25-17-4-3-12(19)9-14(17)20/h2-4,9-11,13H,1,5-8H2. The Balaban J connectivity index is 1.63. The third-order valence-electron chi connectivity index (χ3n) is 4.08. The summed E-state index contributed by atoms with van der Waals surface area (Å²) in [5.41, 5.74) is 0.697. The highest BCUT2D eigenvalue weighted by Crippen LogP contribution is 2.24. The van der Waals surface area contributed by atoms with Crippen molar-refractivity contribution in [3.63, 3.8) is 0 Å². The summed E-state index contributed by atoms with van der Waals surface area (Å²) >= 11 is 0. The highest BCUT2D eigenvalue weighted by molar-refractivity contribution is 5.77. The number of halogens is 2. The second-order valence-corrected chi connectivity index (χ2v) is 5.70. The number of anilines is 1. The fourth-order valence-electron chi connectivity index (χ4n) is 2.75. The zero-order valence-corrected chi connectivity index (χ0v) is 13.5. The van der Waals surface area contributed by atoms with Gasteiger partial charge in [-0.3, -0.25) is 4.79 Å². The molecule has 0 spiro atoms. The van der Waals surface area contributed by atoms with Crippen molar-refractivity contribution < 1.29 is 18.3 Å². The Hall–Kier alpha value is -2.83. The van der Waals surface area contributed by atoms with Gasteiger partial charge in [-0.15, -0.1) is 0 Å². The average molecular weight is 345 g/mol. The second kappa shape index (κ2) is 7.38. The molecule has 5 nitrogen and oxygen atoms in total. The summed E-state index contributed by atoms with van der Waals surface area (Å²) in [6.07, 6.45) is 4.86. The maximum atomic E-state index is 13.7. The van der Waals surface area contributed by atoms with Gasteiger partial charge in [-0.25, -0.2) is 18.7 Å². The molecule has 0 unspecified atom stereocenters. The van der Waals surface area contributed by atoms with Gasteiger partial charge >= 0.3 is 0 Å². The number of aromatic nitrogens is 2. The van der Waals surface area contributed by atoms with Crippen LogP contribution in [-0.2, 0) is 0 Å². The number of piperidine rings is 1. The van der Waals surface area contributed by atoms with E-state index in [1.807, 2.05) is 4.90 Å². The Bertz CT molecular complexity index is 790. The summed E-state index contributed by atoms with van der Waals surface area (Å²) in [6, 6.07) is 3.29. The van der Waals surface area contributed by atoms with Gasteiger partial charge in [-0.2, -0.15) is 0 Å². The molecular formula is C18H17F2N3O2. The molecule has 0 radical (unpaired) electrons. The van der Waals surface area contributed by atoms with E-state index in [0.29, 0.717) is 43.7 Å². The molecule has 0 bridgehead atoms. The minimum atomic E-state index is -0.701. The highest BCUT2D eigenvalue weighted by atomic mass is 19.1. The molecule has 1 aliphatic rings. The zero-order valence-electron chi connectivity index (χ0n) is 13.5. The van der Waals surface area contributed by atoms with Crippen molar-refractivity contribution in [3.05, 3.63) is 54.0 Å². The van der Waals surface area contributed by atoms with Crippen molar-refractivity contribution in [3.8, 4) is 5.75 Å². The zero-order chi connectivity index (χ0) is 17.8. The molecule has 1 saturated heterocycles. The smallest absolute Gasteiger partial charge is 0.170 e. The van der Waals surface area contributed by atoms with E-state index < -0.39 is 11.6 Å². The first-order valence-electron chi connectivity index (χ1n) is 7.92. The van der Waals surface area contributed by atoms with E-state index in [9.17, 15) is 13.6 Å². The van der Waals surface area contributed by atoms with Gasteiger partial charge in [0, 0.05) is 32.0 Å². The SMILES string of the molecule is C=Cc1nc(N2CCC(Oc3ccc(F)cc3F)CC2)cnc1C=O. The van der Waals surface area contributed by atoms with E-state index >= 15 is 0 Å². The van der Waals surface area contributed by atoms with Crippen LogP contribution >= 0.6 is 0 Å². The Morgan fingerprint density at radius 3 is 2.64 bits per heavy atom. The molecule has 0 atom stereocenters. The quantitative estimate of drug-likeness (QED) is 0.779. The third kappa shape index (κ3) is 3.81. The average Bonchev–Trinajstić information content (AvgIpc) is 2.64. The number of rotatable bonds is 5.